The zero-order chi connectivity index (χ0) is 15.0. The molecule has 0 heterocycles. The zero-order valence-electron chi connectivity index (χ0n) is 12.9. The average molecular weight is 277 g/mol. The van der Waals surface area contributed by atoms with Gasteiger partial charge in [0.25, 0.3) is 0 Å². The highest BCUT2D eigenvalue weighted by atomic mass is 16.5. The van der Waals surface area contributed by atoms with Gasteiger partial charge in [-0.2, -0.15) is 0 Å². The normalized spacial score (nSPS) is 12.4. The predicted molar refractivity (Wildman–Crippen MR) is 82.6 cm³/mol. The SMILES string of the molecule is CCOC(=O)CCCCC(N)c1ccc(C(C)C)cc1. The Morgan fingerprint density at radius 3 is 2.30 bits per heavy atom. The zero-order valence-corrected chi connectivity index (χ0v) is 12.9. The molecule has 112 valence electrons. The molecule has 1 atom stereocenters. The number of rotatable bonds is 8. The van der Waals surface area contributed by atoms with Crippen molar-refractivity contribution in [1.82, 2.24) is 0 Å². The molecule has 1 aromatic carbocycles. The number of hydrogen-bond acceptors (Lipinski definition) is 3. The fourth-order valence-corrected chi connectivity index (χ4v) is 2.16. The van der Waals surface area contributed by atoms with Crippen molar-refractivity contribution in [3.63, 3.8) is 0 Å². The van der Waals surface area contributed by atoms with Gasteiger partial charge in [-0.15, -0.1) is 0 Å². The van der Waals surface area contributed by atoms with Gasteiger partial charge in [0.05, 0.1) is 6.61 Å². The minimum absolute atomic E-state index is 0.0541. The van der Waals surface area contributed by atoms with E-state index in [2.05, 4.69) is 38.1 Å². The summed E-state index contributed by atoms with van der Waals surface area (Å²) in [6, 6.07) is 8.59. The second-order valence-corrected chi connectivity index (χ2v) is 5.48. The van der Waals surface area contributed by atoms with E-state index in [1.165, 1.54) is 11.1 Å². The van der Waals surface area contributed by atoms with Crippen LogP contribution in [0.2, 0.25) is 0 Å². The van der Waals surface area contributed by atoms with Crippen LogP contribution >= 0.6 is 0 Å². The first kappa shape index (κ1) is 16.7. The maximum absolute atomic E-state index is 11.2. The Morgan fingerprint density at radius 2 is 1.75 bits per heavy atom. The molecule has 2 N–H and O–H groups in total. The van der Waals surface area contributed by atoms with Gasteiger partial charge in [-0.1, -0.05) is 44.5 Å². The lowest BCUT2D eigenvalue weighted by Crippen LogP contribution is -2.11. The third-order valence-corrected chi connectivity index (χ3v) is 3.48. The van der Waals surface area contributed by atoms with Crippen molar-refractivity contribution >= 4 is 5.97 Å². The number of hydrogen-bond donors (Lipinski definition) is 1. The molecule has 3 nitrogen and oxygen atoms in total. The van der Waals surface area contributed by atoms with Crippen molar-refractivity contribution in [1.29, 1.82) is 0 Å². The van der Waals surface area contributed by atoms with Gasteiger partial charge >= 0.3 is 5.97 Å². The van der Waals surface area contributed by atoms with Gasteiger partial charge in [0.2, 0.25) is 0 Å². The topological polar surface area (TPSA) is 52.3 Å². The molecule has 0 saturated heterocycles. The molecule has 20 heavy (non-hydrogen) atoms. The molecule has 1 unspecified atom stereocenters. The summed E-state index contributed by atoms with van der Waals surface area (Å²) in [6.45, 7) is 6.66. The lowest BCUT2D eigenvalue weighted by atomic mass is 9.97. The van der Waals surface area contributed by atoms with Crippen molar-refractivity contribution in [2.24, 2.45) is 5.73 Å². The Hall–Kier alpha value is -1.35. The Balaban J connectivity index is 2.32. The molecule has 1 rings (SSSR count). The highest BCUT2D eigenvalue weighted by Crippen LogP contribution is 2.21. The van der Waals surface area contributed by atoms with Gasteiger partial charge in [0.1, 0.15) is 0 Å². The van der Waals surface area contributed by atoms with Crippen LogP contribution in [0, 0.1) is 0 Å². The summed E-state index contributed by atoms with van der Waals surface area (Å²) >= 11 is 0. The molecular weight excluding hydrogens is 250 g/mol. The first-order valence-electron chi connectivity index (χ1n) is 7.55. The lowest BCUT2D eigenvalue weighted by molar-refractivity contribution is -0.143. The second-order valence-electron chi connectivity index (χ2n) is 5.48. The summed E-state index contributed by atoms with van der Waals surface area (Å²) in [5.41, 5.74) is 8.69. The summed E-state index contributed by atoms with van der Waals surface area (Å²) in [6.07, 6.45) is 3.19. The number of carbonyl (C=O) groups excluding carboxylic acids is 1. The fourth-order valence-electron chi connectivity index (χ4n) is 2.16. The standard InChI is InChI=1S/C17H27NO2/c1-4-20-17(19)8-6-5-7-16(18)15-11-9-14(10-12-15)13(2)3/h9-13,16H,4-8,18H2,1-3H3. The van der Waals surface area contributed by atoms with Crippen LogP contribution < -0.4 is 5.73 Å². The van der Waals surface area contributed by atoms with E-state index >= 15 is 0 Å². The number of unbranched alkanes of at least 4 members (excludes halogenated alkanes) is 1. The number of benzene rings is 1. The van der Waals surface area contributed by atoms with Crippen LogP contribution in [-0.4, -0.2) is 12.6 Å². The molecule has 0 aliphatic rings. The van der Waals surface area contributed by atoms with E-state index in [9.17, 15) is 4.79 Å². The lowest BCUT2D eigenvalue weighted by Gasteiger charge is -2.13. The number of ether oxygens (including phenoxy) is 1. The van der Waals surface area contributed by atoms with Crippen molar-refractivity contribution < 1.29 is 9.53 Å². The number of nitrogens with two attached hydrogens (primary N) is 1. The van der Waals surface area contributed by atoms with Crippen LogP contribution in [-0.2, 0) is 9.53 Å². The molecule has 3 heteroatoms. The minimum atomic E-state index is -0.109. The summed E-state index contributed by atoms with van der Waals surface area (Å²) < 4.78 is 4.90. The molecule has 0 fully saturated rings. The highest BCUT2D eigenvalue weighted by Gasteiger charge is 2.08. The summed E-state index contributed by atoms with van der Waals surface area (Å²) in [5.74, 6) is 0.437. The van der Waals surface area contributed by atoms with E-state index in [0.717, 1.165) is 19.3 Å². The van der Waals surface area contributed by atoms with Crippen LogP contribution in [0.15, 0.2) is 24.3 Å². The summed E-state index contributed by atoms with van der Waals surface area (Å²) in [4.78, 5) is 11.2. The Kier molecular flexibility index (Phi) is 7.31. The average Bonchev–Trinajstić information content (AvgIpc) is 2.43. The maximum Gasteiger partial charge on any atom is 0.305 e. The molecular formula is C17H27NO2. The molecule has 0 spiro atoms. The van der Waals surface area contributed by atoms with E-state index in [1.54, 1.807) is 0 Å². The van der Waals surface area contributed by atoms with Crippen molar-refractivity contribution in [2.75, 3.05) is 6.61 Å². The van der Waals surface area contributed by atoms with Crippen molar-refractivity contribution in [2.45, 2.75) is 58.4 Å². The Morgan fingerprint density at radius 1 is 1.15 bits per heavy atom. The predicted octanol–water partition coefficient (Wildman–Crippen LogP) is 3.93. The minimum Gasteiger partial charge on any atom is -0.466 e. The van der Waals surface area contributed by atoms with Crippen LogP contribution in [0.1, 0.15) is 69.5 Å². The number of esters is 1. The van der Waals surface area contributed by atoms with Gasteiger partial charge < -0.3 is 10.5 Å². The van der Waals surface area contributed by atoms with Crippen molar-refractivity contribution in [3.8, 4) is 0 Å². The molecule has 1 aromatic rings. The fraction of sp³-hybridized carbons (Fsp3) is 0.588. The van der Waals surface area contributed by atoms with E-state index in [0.29, 0.717) is 18.9 Å². The van der Waals surface area contributed by atoms with Gasteiger partial charge in [-0.05, 0) is 36.8 Å². The Bertz CT molecular complexity index is 398. The first-order chi connectivity index (χ1) is 9.54. The first-order valence-corrected chi connectivity index (χ1v) is 7.55. The Labute approximate surface area is 122 Å². The smallest absolute Gasteiger partial charge is 0.305 e. The highest BCUT2D eigenvalue weighted by molar-refractivity contribution is 5.69. The maximum atomic E-state index is 11.2. The van der Waals surface area contributed by atoms with E-state index in [-0.39, 0.29) is 12.0 Å². The van der Waals surface area contributed by atoms with Gasteiger partial charge in [-0.25, -0.2) is 0 Å². The molecule has 0 saturated carbocycles. The molecule has 0 aliphatic carbocycles. The number of carbonyl (C=O) groups is 1. The van der Waals surface area contributed by atoms with Crippen LogP contribution in [0.4, 0.5) is 0 Å². The van der Waals surface area contributed by atoms with Crippen LogP contribution in [0.3, 0.4) is 0 Å². The van der Waals surface area contributed by atoms with Crippen LogP contribution in [0.5, 0.6) is 0 Å². The molecule has 0 bridgehead atoms. The van der Waals surface area contributed by atoms with Crippen molar-refractivity contribution in [3.05, 3.63) is 35.4 Å². The van der Waals surface area contributed by atoms with Gasteiger partial charge in [0, 0.05) is 12.5 Å². The monoisotopic (exact) mass is 277 g/mol. The van der Waals surface area contributed by atoms with E-state index in [4.69, 9.17) is 10.5 Å². The third kappa shape index (κ3) is 5.74. The quantitative estimate of drug-likeness (QED) is 0.578. The third-order valence-electron chi connectivity index (χ3n) is 3.48. The summed E-state index contributed by atoms with van der Waals surface area (Å²) in [5, 5.41) is 0. The van der Waals surface area contributed by atoms with E-state index in [1.807, 2.05) is 6.92 Å². The largest absolute Gasteiger partial charge is 0.466 e. The van der Waals surface area contributed by atoms with Gasteiger partial charge in [0.15, 0.2) is 0 Å². The molecule has 0 aliphatic heterocycles. The van der Waals surface area contributed by atoms with Crippen LogP contribution in [0.25, 0.3) is 0 Å². The summed E-state index contributed by atoms with van der Waals surface area (Å²) in [7, 11) is 0. The second kappa shape index (κ2) is 8.75. The molecule has 0 aromatic heterocycles. The van der Waals surface area contributed by atoms with Gasteiger partial charge in [-0.3, -0.25) is 4.79 Å². The molecule has 0 radical (unpaired) electrons. The van der Waals surface area contributed by atoms with E-state index < -0.39 is 0 Å². The molecule has 0 amide bonds.